The highest BCUT2D eigenvalue weighted by Gasteiger charge is 2.30. The van der Waals surface area contributed by atoms with Crippen LogP contribution in [0.1, 0.15) is 72.1 Å². The summed E-state index contributed by atoms with van der Waals surface area (Å²) < 4.78 is 36.9. The van der Waals surface area contributed by atoms with E-state index in [0.29, 0.717) is 0 Å². The molecule has 1 saturated heterocycles. The van der Waals surface area contributed by atoms with Gasteiger partial charge in [0.1, 0.15) is 12.3 Å². The fourth-order valence-corrected chi connectivity index (χ4v) is 3.69. The zero-order valence-corrected chi connectivity index (χ0v) is 16.1. The number of nitrogens with zero attached hydrogens (tertiary/aromatic N) is 1. The molecule has 148 valence electrons. The Labute approximate surface area is 151 Å². The van der Waals surface area contributed by atoms with Gasteiger partial charge >= 0.3 is 6.18 Å². The second-order valence-corrected chi connectivity index (χ2v) is 7.72. The van der Waals surface area contributed by atoms with E-state index in [4.69, 9.17) is 5.41 Å². The van der Waals surface area contributed by atoms with Gasteiger partial charge in [-0.15, -0.1) is 0 Å². The first-order valence-corrected chi connectivity index (χ1v) is 9.86. The minimum atomic E-state index is -4.30. The van der Waals surface area contributed by atoms with Gasteiger partial charge in [0.15, 0.2) is 0 Å². The highest BCUT2D eigenvalue weighted by Crippen LogP contribution is 2.24. The maximum Gasteiger partial charge on any atom is 0.395 e. The van der Waals surface area contributed by atoms with Crippen molar-refractivity contribution >= 4 is 5.84 Å². The Bertz CT molecular complexity index is 377. The van der Waals surface area contributed by atoms with Gasteiger partial charge in [-0.3, -0.25) is 5.41 Å². The van der Waals surface area contributed by atoms with Crippen LogP contribution < -0.4 is 5.32 Å². The number of hydrogen-bond acceptors (Lipinski definition) is 2. The van der Waals surface area contributed by atoms with Crippen molar-refractivity contribution in [2.24, 2.45) is 11.8 Å². The summed E-state index contributed by atoms with van der Waals surface area (Å²) >= 11 is 0. The zero-order valence-electron chi connectivity index (χ0n) is 16.1. The van der Waals surface area contributed by atoms with Gasteiger partial charge in [0.05, 0.1) is 0 Å². The van der Waals surface area contributed by atoms with E-state index in [1.807, 2.05) is 0 Å². The summed E-state index contributed by atoms with van der Waals surface area (Å²) in [6.07, 6.45) is 2.48. The molecule has 0 saturated carbocycles. The third kappa shape index (κ3) is 10.1. The molecule has 25 heavy (non-hydrogen) atoms. The lowest BCUT2D eigenvalue weighted by Crippen LogP contribution is -2.45. The first-order valence-electron chi connectivity index (χ1n) is 9.86. The Hall–Kier alpha value is -0.780. The Balaban J connectivity index is 2.28. The van der Waals surface area contributed by atoms with Crippen molar-refractivity contribution in [3.63, 3.8) is 0 Å². The predicted octanol–water partition coefficient (Wildman–Crippen LogP) is 5.21. The van der Waals surface area contributed by atoms with E-state index in [1.54, 1.807) is 0 Å². The summed E-state index contributed by atoms with van der Waals surface area (Å²) in [6.45, 7) is 9.75. The van der Waals surface area contributed by atoms with E-state index >= 15 is 0 Å². The molecule has 0 aliphatic carbocycles. The SMILES string of the molecule is CCCC(CCN1CCC(NC(=N)CC(F)(F)F)CC1)CC(C)CC. The van der Waals surface area contributed by atoms with Gasteiger partial charge in [0.25, 0.3) is 0 Å². The molecular formula is C19H36F3N3. The van der Waals surface area contributed by atoms with Crippen LogP contribution in [0.3, 0.4) is 0 Å². The summed E-state index contributed by atoms with van der Waals surface area (Å²) in [5.74, 6) is 1.17. The Kier molecular flexibility index (Phi) is 9.83. The van der Waals surface area contributed by atoms with Crippen molar-refractivity contribution in [2.75, 3.05) is 19.6 Å². The van der Waals surface area contributed by atoms with Crippen molar-refractivity contribution in [1.29, 1.82) is 5.41 Å². The Morgan fingerprint density at radius 2 is 1.84 bits per heavy atom. The molecule has 1 heterocycles. The van der Waals surface area contributed by atoms with Crippen molar-refractivity contribution in [1.82, 2.24) is 10.2 Å². The second kappa shape index (κ2) is 11.0. The molecule has 1 rings (SSSR count). The average molecular weight is 364 g/mol. The lowest BCUT2D eigenvalue weighted by molar-refractivity contribution is -0.121. The van der Waals surface area contributed by atoms with Crippen LogP contribution in [0.25, 0.3) is 0 Å². The minimum absolute atomic E-state index is 0.0117. The van der Waals surface area contributed by atoms with Gasteiger partial charge in [-0.2, -0.15) is 13.2 Å². The summed E-state index contributed by atoms with van der Waals surface area (Å²) in [5, 5.41) is 10.2. The molecule has 1 fully saturated rings. The van der Waals surface area contributed by atoms with Crippen molar-refractivity contribution in [3.05, 3.63) is 0 Å². The van der Waals surface area contributed by atoms with E-state index in [-0.39, 0.29) is 6.04 Å². The van der Waals surface area contributed by atoms with Crippen molar-refractivity contribution in [3.8, 4) is 0 Å². The number of rotatable bonds is 10. The van der Waals surface area contributed by atoms with E-state index in [1.165, 1.54) is 32.1 Å². The normalized spacial score (nSPS) is 19.6. The third-order valence-corrected chi connectivity index (χ3v) is 5.33. The Morgan fingerprint density at radius 3 is 2.36 bits per heavy atom. The third-order valence-electron chi connectivity index (χ3n) is 5.33. The first kappa shape index (κ1) is 22.3. The molecule has 0 aromatic rings. The van der Waals surface area contributed by atoms with Crippen LogP contribution in [0.4, 0.5) is 13.2 Å². The fourth-order valence-electron chi connectivity index (χ4n) is 3.69. The molecule has 0 bridgehead atoms. The van der Waals surface area contributed by atoms with Crippen LogP contribution in [0.5, 0.6) is 0 Å². The van der Waals surface area contributed by atoms with Crippen LogP contribution in [0.15, 0.2) is 0 Å². The largest absolute Gasteiger partial charge is 0.395 e. The lowest BCUT2D eigenvalue weighted by Gasteiger charge is -2.34. The van der Waals surface area contributed by atoms with Gasteiger partial charge in [0.2, 0.25) is 0 Å². The Morgan fingerprint density at radius 1 is 1.20 bits per heavy atom. The van der Waals surface area contributed by atoms with Gasteiger partial charge in [-0.1, -0.05) is 40.0 Å². The average Bonchev–Trinajstić information content (AvgIpc) is 2.52. The van der Waals surface area contributed by atoms with E-state index < -0.39 is 18.4 Å². The summed E-state index contributed by atoms with van der Waals surface area (Å²) in [4.78, 5) is 2.44. The number of amidine groups is 1. The quantitative estimate of drug-likeness (QED) is 0.413. The minimum Gasteiger partial charge on any atom is -0.371 e. The van der Waals surface area contributed by atoms with Gasteiger partial charge in [0, 0.05) is 19.1 Å². The number of halogens is 3. The second-order valence-electron chi connectivity index (χ2n) is 7.72. The van der Waals surface area contributed by atoms with Crippen LogP contribution >= 0.6 is 0 Å². The maximum atomic E-state index is 12.3. The number of piperidine rings is 1. The molecule has 0 amide bonds. The first-order chi connectivity index (χ1) is 11.7. The van der Waals surface area contributed by atoms with Gasteiger partial charge < -0.3 is 10.2 Å². The molecule has 2 N–H and O–H groups in total. The number of likely N-dealkylation sites (tertiary alicyclic amines) is 1. The highest BCUT2D eigenvalue weighted by atomic mass is 19.4. The van der Waals surface area contributed by atoms with Crippen LogP contribution in [0.2, 0.25) is 0 Å². The highest BCUT2D eigenvalue weighted by molar-refractivity contribution is 5.79. The molecule has 3 nitrogen and oxygen atoms in total. The van der Waals surface area contributed by atoms with Crippen LogP contribution in [-0.2, 0) is 0 Å². The van der Waals surface area contributed by atoms with Crippen LogP contribution in [-0.4, -0.2) is 42.6 Å². The number of hydrogen-bond donors (Lipinski definition) is 2. The molecule has 2 unspecified atom stereocenters. The number of nitrogens with one attached hydrogen (secondary N) is 2. The van der Waals surface area contributed by atoms with E-state index in [2.05, 4.69) is 31.0 Å². The smallest absolute Gasteiger partial charge is 0.371 e. The van der Waals surface area contributed by atoms with E-state index in [0.717, 1.165) is 44.3 Å². The lowest BCUT2D eigenvalue weighted by atomic mass is 9.88. The molecule has 0 aromatic carbocycles. The molecule has 0 spiro atoms. The van der Waals surface area contributed by atoms with Gasteiger partial charge in [-0.25, -0.2) is 0 Å². The molecule has 1 aliphatic rings. The molecule has 1 aliphatic heterocycles. The number of alkyl halides is 3. The van der Waals surface area contributed by atoms with Crippen molar-refractivity contribution < 1.29 is 13.2 Å². The summed E-state index contributed by atoms with van der Waals surface area (Å²) in [7, 11) is 0. The zero-order chi connectivity index (χ0) is 18.9. The van der Waals surface area contributed by atoms with E-state index in [9.17, 15) is 13.2 Å². The monoisotopic (exact) mass is 363 g/mol. The molecule has 0 radical (unpaired) electrons. The fraction of sp³-hybridized carbons (Fsp3) is 0.947. The van der Waals surface area contributed by atoms with Gasteiger partial charge in [-0.05, 0) is 44.1 Å². The molecule has 6 heteroatoms. The maximum absolute atomic E-state index is 12.3. The topological polar surface area (TPSA) is 39.1 Å². The molecule has 2 atom stereocenters. The van der Waals surface area contributed by atoms with Crippen LogP contribution in [0, 0.1) is 17.2 Å². The predicted molar refractivity (Wildman–Crippen MR) is 98.1 cm³/mol. The molecule has 0 aromatic heterocycles. The summed E-state index contributed by atoms with van der Waals surface area (Å²) in [6, 6.07) is 0.0117. The van der Waals surface area contributed by atoms with Crippen molar-refractivity contribution in [2.45, 2.75) is 84.4 Å². The molecular weight excluding hydrogens is 327 g/mol. The standard InChI is InChI=1S/C19H36F3N3/c1-4-6-16(13-15(3)5-2)7-10-25-11-8-17(9-12-25)24-18(23)14-19(20,21)22/h15-17H,4-14H2,1-3H3,(H2,23,24). The summed E-state index contributed by atoms with van der Waals surface area (Å²) in [5.41, 5.74) is 0.